The van der Waals surface area contributed by atoms with Crippen molar-refractivity contribution in [3.63, 3.8) is 0 Å². The molecule has 1 aromatic rings. The predicted molar refractivity (Wildman–Crippen MR) is 72.6 cm³/mol. The van der Waals surface area contributed by atoms with Crippen LogP contribution < -0.4 is 5.32 Å². The molecule has 2 atom stereocenters. The molecule has 2 heterocycles. The molecule has 1 aliphatic rings. The smallest absolute Gasteiger partial charge is 0.0749 e. The molecule has 2 N–H and O–H groups in total. The Morgan fingerprint density at radius 3 is 2.89 bits per heavy atom. The molecule has 18 heavy (non-hydrogen) atoms. The number of hydrogen-bond acceptors (Lipinski definition) is 3. The van der Waals surface area contributed by atoms with Crippen LogP contribution in [0.25, 0.3) is 0 Å². The number of hydrogen-bond donors (Lipinski definition) is 2. The molecule has 0 bridgehead atoms. The summed E-state index contributed by atoms with van der Waals surface area (Å²) in [7, 11) is 0. The Morgan fingerprint density at radius 2 is 2.28 bits per heavy atom. The van der Waals surface area contributed by atoms with Crippen molar-refractivity contribution in [3.05, 3.63) is 18.0 Å². The standard InChI is InChI=1S/C14H25N3O/c1-3-12(4-2)17-9-7-11(16-17)10-14(18)13-6-5-8-15-13/h7,9,12-15,18H,3-6,8,10H2,1-2H3. The summed E-state index contributed by atoms with van der Waals surface area (Å²) in [5.74, 6) is 0. The first kappa shape index (κ1) is 13.6. The van der Waals surface area contributed by atoms with Gasteiger partial charge in [0, 0.05) is 18.7 Å². The Morgan fingerprint density at radius 1 is 1.50 bits per heavy atom. The van der Waals surface area contributed by atoms with Crippen LogP contribution in [0.2, 0.25) is 0 Å². The number of aliphatic hydroxyl groups excluding tert-OH is 1. The molecule has 4 heteroatoms. The third-order valence-electron chi connectivity index (χ3n) is 3.96. The number of nitrogens with one attached hydrogen (secondary N) is 1. The average molecular weight is 251 g/mol. The highest BCUT2D eigenvalue weighted by atomic mass is 16.3. The van der Waals surface area contributed by atoms with Gasteiger partial charge in [0.2, 0.25) is 0 Å². The van der Waals surface area contributed by atoms with Crippen molar-refractivity contribution in [2.45, 2.75) is 64.1 Å². The Hall–Kier alpha value is -0.870. The quantitative estimate of drug-likeness (QED) is 0.812. The van der Waals surface area contributed by atoms with E-state index in [1.807, 2.05) is 16.9 Å². The van der Waals surface area contributed by atoms with Gasteiger partial charge >= 0.3 is 0 Å². The Bertz CT molecular complexity index is 354. The zero-order chi connectivity index (χ0) is 13.0. The topological polar surface area (TPSA) is 50.1 Å². The highest BCUT2D eigenvalue weighted by Crippen LogP contribution is 2.17. The van der Waals surface area contributed by atoms with Crippen molar-refractivity contribution >= 4 is 0 Å². The molecule has 4 nitrogen and oxygen atoms in total. The summed E-state index contributed by atoms with van der Waals surface area (Å²) in [5.41, 5.74) is 1.00. The van der Waals surface area contributed by atoms with E-state index in [2.05, 4.69) is 24.3 Å². The molecule has 0 radical (unpaired) electrons. The number of nitrogens with zero attached hydrogens (tertiary/aromatic N) is 2. The van der Waals surface area contributed by atoms with Crippen LogP contribution in [0.3, 0.4) is 0 Å². The Kier molecular flexibility index (Phi) is 4.78. The lowest BCUT2D eigenvalue weighted by molar-refractivity contribution is 0.134. The fourth-order valence-corrected chi connectivity index (χ4v) is 2.75. The van der Waals surface area contributed by atoms with Crippen LogP contribution in [0.15, 0.2) is 12.3 Å². The van der Waals surface area contributed by atoms with Crippen molar-refractivity contribution in [1.29, 1.82) is 0 Å². The molecule has 1 aliphatic heterocycles. The van der Waals surface area contributed by atoms with Gasteiger partial charge in [-0.1, -0.05) is 13.8 Å². The van der Waals surface area contributed by atoms with Crippen molar-refractivity contribution in [1.82, 2.24) is 15.1 Å². The summed E-state index contributed by atoms with van der Waals surface area (Å²) in [4.78, 5) is 0. The first-order valence-corrected chi connectivity index (χ1v) is 7.20. The summed E-state index contributed by atoms with van der Waals surface area (Å²) in [6, 6.07) is 2.78. The van der Waals surface area contributed by atoms with Gasteiger partial charge in [-0.25, -0.2) is 0 Å². The van der Waals surface area contributed by atoms with E-state index in [0.29, 0.717) is 12.5 Å². The lowest BCUT2D eigenvalue weighted by atomic mass is 10.0. The molecule has 0 aliphatic carbocycles. The van der Waals surface area contributed by atoms with Crippen molar-refractivity contribution in [2.24, 2.45) is 0 Å². The van der Waals surface area contributed by atoms with Crippen LogP contribution in [0.5, 0.6) is 0 Å². The second kappa shape index (κ2) is 6.34. The molecule has 0 aromatic carbocycles. The summed E-state index contributed by atoms with van der Waals surface area (Å²) in [6.45, 7) is 5.41. The lowest BCUT2D eigenvalue weighted by Crippen LogP contribution is -2.36. The van der Waals surface area contributed by atoms with E-state index in [1.165, 1.54) is 6.42 Å². The predicted octanol–water partition coefficient (Wildman–Crippen LogP) is 1.90. The molecular weight excluding hydrogens is 226 g/mol. The van der Waals surface area contributed by atoms with Crippen LogP contribution >= 0.6 is 0 Å². The molecule has 102 valence electrons. The van der Waals surface area contributed by atoms with Gasteiger partial charge in [0.05, 0.1) is 17.8 Å². The molecule has 0 amide bonds. The maximum Gasteiger partial charge on any atom is 0.0749 e. The molecule has 1 saturated heterocycles. The number of aliphatic hydroxyl groups is 1. The van der Waals surface area contributed by atoms with Gasteiger partial charge in [-0.15, -0.1) is 0 Å². The van der Waals surface area contributed by atoms with Crippen LogP contribution in [-0.2, 0) is 6.42 Å². The van der Waals surface area contributed by atoms with Gasteiger partial charge in [0.25, 0.3) is 0 Å². The maximum atomic E-state index is 10.2. The fourth-order valence-electron chi connectivity index (χ4n) is 2.75. The molecule has 2 unspecified atom stereocenters. The van der Waals surface area contributed by atoms with Gasteiger partial charge in [-0.3, -0.25) is 4.68 Å². The molecule has 1 fully saturated rings. The van der Waals surface area contributed by atoms with E-state index in [-0.39, 0.29) is 12.1 Å². The highest BCUT2D eigenvalue weighted by Gasteiger charge is 2.23. The Balaban J connectivity index is 1.93. The minimum absolute atomic E-state index is 0.253. The van der Waals surface area contributed by atoms with Gasteiger partial charge < -0.3 is 10.4 Å². The van der Waals surface area contributed by atoms with Crippen LogP contribution in [0.4, 0.5) is 0 Å². The van der Waals surface area contributed by atoms with E-state index in [1.54, 1.807) is 0 Å². The van der Waals surface area contributed by atoms with Crippen LogP contribution in [-0.4, -0.2) is 33.6 Å². The molecule has 2 rings (SSSR count). The highest BCUT2D eigenvalue weighted by molar-refractivity contribution is 5.03. The summed E-state index contributed by atoms with van der Waals surface area (Å²) < 4.78 is 2.05. The Labute approximate surface area is 109 Å². The zero-order valence-electron chi connectivity index (χ0n) is 11.5. The van der Waals surface area contributed by atoms with E-state index < -0.39 is 0 Å². The van der Waals surface area contributed by atoms with Gasteiger partial charge in [-0.05, 0) is 38.3 Å². The third-order valence-corrected chi connectivity index (χ3v) is 3.96. The van der Waals surface area contributed by atoms with Crippen LogP contribution in [0.1, 0.15) is 51.3 Å². The van der Waals surface area contributed by atoms with Crippen molar-refractivity contribution in [3.8, 4) is 0 Å². The monoisotopic (exact) mass is 251 g/mol. The van der Waals surface area contributed by atoms with E-state index in [4.69, 9.17) is 0 Å². The molecule has 1 aromatic heterocycles. The van der Waals surface area contributed by atoms with Crippen molar-refractivity contribution < 1.29 is 5.11 Å². The lowest BCUT2D eigenvalue weighted by Gasteiger charge is -2.17. The average Bonchev–Trinajstić information content (AvgIpc) is 3.01. The fraction of sp³-hybridized carbons (Fsp3) is 0.786. The minimum Gasteiger partial charge on any atom is -0.391 e. The number of rotatable bonds is 6. The van der Waals surface area contributed by atoms with Gasteiger partial charge in [0.15, 0.2) is 0 Å². The van der Waals surface area contributed by atoms with E-state index in [9.17, 15) is 5.11 Å². The van der Waals surface area contributed by atoms with E-state index in [0.717, 1.165) is 31.5 Å². The molecule has 0 spiro atoms. The van der Waals surface area contributed by atoms with Gasteiger partial charge in [0.1, 0.15) is 0 Å². The summed E-state index contributed by atoms with van der Waals surface area (Å²) >= 11 is 0. The molecule has 0 saturated carbocycles. The van der Waals surface area contributed by atoms with Crippen LogP contribution in [0, 0.1) is 0 Å². The summed E-state index contributed by atoms with van der Waals surface area (Å²) in [5, 5.41) is 18.1. The second-order valence-corrected chi connectivity index (χ2v) is 5.23. The van der Waals surface area contributed by atoms with Crippen molar-refractivity contribution in [2.75, 3.05) is 6.54 Å². The minimum atomic E-state index is -0.308. The normalized spacial score (nSPS) is 21.7. The first-order chi connectivity index (χ1) is 8.74. The molecular formula is C14H25N3O. The SMILES string of the molecule is CCC(CC)n1ccc(CC(O)C2CCCN2)n1. The largest absolute Gasteiger partial charge is 0.391 e. The zero-order valence-corrected chi connectivity index (χ0v) is 11.5. The first-order valence-electron chi connectivity index (χ1n) is 7.20. The van der Waals surface area contributed by atoms with E-state index >= 15 is 0 Å². The summed E-state index contributed by atoms with van der Waals surface area (Å²) in [6.07, 6.45) is 6.84. The van der Waals surface area contributed by atoms with Gasteiger partial charge in [-0.2, -0.15) is 5.10 Å². The second-order valence-electron chi connectivity index (χ2n) is 5.23. The maximum absolute atomic E-state index is 10.2. The number of aromatic nitrogens is 2. The third kappa shape index (κ3) is 3.12.